The highest BCUT2D eigenvalue weighted by Gasteiger charge is 2.13. The fourth-order valence-electron chi connectivity index (χ4n) is 2.07. The second-order valence-electron chi connectivity index (χ2n) is 6.16. The molecule has 0 aliphatic carbocycles. The van der Waals surface area contributed by atoms with E-state index >= 15 is 0 Å². The Morgan fingerprint density at radius 1 is 1.22 bits per heavy atom. The fraction of sp³-hybridized carbons (Fsp3) is 0.412. The number of nitrogens with zero attached hydrogens (tertiary/aromatic N) is 2. The number of carboxylic acids is 1. The van der Waals surface area contributed by atoms with Crippen LogP contribution in [0, 0.1) is 6.92 Å². The second-order valence-corrected chi connectivity index (χ2v) is 6.16. The molecule has 6 nitrogen and oxygen atoms in total. The van der Waals surface area contributed by atoms with Gasteiger partial charge in [-0.2, -0.15) is 5.10 Å². The monoisotopic (exact) mass is 318 g/mol. The van der Waals surface area contributed by atoms with E-state index in [1.165, 1.54) is 6.20 Å². The summed E-state index contributed by atoms with van der Waals surface area (Å²) in [5.74, 6) is -0.248. The van der Waals surface area contributed by atoms with Gasteiger partial charge in [0.1, 0.15) is 17.9 Å². The molecule has 0 radical (unpaired) electrons. The highest BCUT2D eigenvalue weighted by molar-refractivity contribution is 5.88. The third-order valence-corrected chi connectivity index (χ3v) is 3.21. The summed E-state index contributed by atoms with van der Waals surface area (Å²) in [4.78, 5) is 11.1. The van der Waals surface area contributed by atoms with Crippen LogP contribution >= 0.6 is 0 Å². The average Bonchev–Trinajstić information content (AvgIpc) is 2.85. The molecular formula is C17H22N2O4. The van der Waals surface area contributed by atoms with Gasteiger partial charge >= 0.3 is 5.97 Å². The van der Waals surface area contributed by atoms with Crippen LogP contribution in [0.3, 0.4) is 0 Å². The number of hydrogen-bond acceptors (Lipinski definition) is 4. The molecule has 1 N–H and O–H groups in total. The van der Waals surface area contributed by atoms with Crippen molar-refractivity contribution in [3.8, 4) is 11.4 Å². The smallest absolute Gasteiger partial charge is 0.339 e. The number of rotatable bonds is 6. The summed E-state index contributed by atoms with van der Waals surface area (Å²) >= 11 is 0. The lowest BCUT2D eigenvalue weighted by molar-refractivity contribution is -0.0163. The molecule has 1 heterocycles. The van der Waals surface area contributed by atoms with Crippen molar-refractivity contribution >= 4 is 5.97 Å². The Morgan fingerprint density at radius 2 is 1.87 bits per heavy atom. The standard InChI is InChI=1S/C17H22N2O4/c1-12-15(16(20)21)11-18-19(12)13-5-7-14(8-6-13)22-9-10-23-17(2,3)4/h5-8,11H,9-10H2,1-4H3,(H,20,21). The Kier molecular flexibility index (Phi) is 5.05. The first kappa shape index (κ1) is 17.0. The van der Waals surface area contributed by atoms with Gasteiger partial charge in [-0.1, -0.05) is 0 Å². The molecule has 0 saturated carbocycles. The zero-order valence-corrected chi connectivity index (χ0v) is 13.9. The van der Waals surface area contributed by atoms with Crippen LogP contribution in [0.4, 0.5) is 0 Å². The maximum absolute atomic E-state index is 11.1. The molecular weight excluding hydrogens is 296 g/mol. The lowest BCUT2D eigenvalue weighted by atomic mass is 10.2. The summed E-state index contributed by atoms with van der Waals surface area (Å²) in [6, 6.07) is 7.33. The Bertz CT molecular complexity index is 669. The fourth-order valence-corrected chi connectivity index (χ4v) is 2.07. The molecule has 23 heavy (non-hydrogen) atoms. The molecule has 0 fully saturated rings. The molecule has 2 aromatic rings. The van der Waals surface area contributed by atoms with Gasteiger partial charge in [0.05, 0.1) is 29.8 Å². The summed E-state index contributed by atoms with van der Waals surface area (Å²) < 4.78 is 12.8. The van der Waals surface area contributed by atoms with E-state index < -0.39 is 5.97 Å². The topological polar surface area (TPSA) is 73.6 Å². The lowest BCUT2D eigenvalue weighted by Crippen LogP contribution is -2.22. The summed E-state index contributed by atoms with van der Waals surface area (Å²) in [6.07, 6.45) is 1.35. The Balaban J connectivity index is 1.98. The maximum Gasteiger partial charge on any atom is 0.339 e. The molecule has 0 atom stereocenters. The molecule has 124 valence electrons. The van der Waals surface area contributed by atoms with Crippen LogP contribution in [-0.2, 0) is 4.74 Å². The van der Waals surface area contributed by atoms with E-state index in [4.69, 9.17) is 14.6 Å². The third kappa shape index (κ3) is 4.56. The van der Waals surface area contributed by atoms with E-state index in [2.05, 4.69) is 5.10 Å². The molecule has 0 amide bonds. The predicted molar refractivity (Wildman–Crippen MR) is 86.5 cm³/mol. The van der Waals surface area contributed by atoms with E-state index in [1.54, 1.807) is 11.6 Å². The number of carbonyl (C=O) groups is 1. The van der Waals surface area contributed by atoms with Crippen LogP contribution < -0.4 is 4.74 Å². The van der Waals surface area contributed by atoms with Crippen LogP contribution in [0.1, 0.15) is 36.8 Å². The molecule has 0 bridgehead atoms. The Labute approximate surface area is 135 Å². The first-order valence-corrected chi connectivity index (χ1v) is 7.43. The molecule has 1 aromatic carbocycles. The Hall–Kier alpha value is -2.34. The SMILES string of the molecule is Cc1c(C(=O)O)cnn1-c1ccc(OCCOC(C)(C)C)cc1. The first-order chi connectivity index (χ1) is 10.8. The van der Waals surface area contributed by atoms with E-state index in [0.29, 0.717) is 18.9 Å². The normalized spacial score (nSPS) is 11.5. The van der Waals surface area contributed by atoms with Gasteiger partial charge in [0, 0.05) is 0 Å². The summed E-state index contributed by atoms with van der Waals surface area (Å²) in [7, 11) is 0. The van der Waals surface area contributed by atoms with E-state index in [-0.39, 0.29) is 11.2 Å². The van der Waals surface area contributed by atoms with Crippen molar-refractivity contribution in [1.29, 1.82) is 0 Å². The van der Waals surface area contributed by atoms with Crippen LogP contribution in [0.5, 0.6) is 5.75 Å². The van der Waals surface area contributed by atoms with Crippen molar-refractivity contribution in [2.24, 2.45) is 0 Å². The molecule has 2 rings (SSSR count). The second kappa shape index (κ2) is 6.83. The van der Waals surface area contributed by atoms with E-state index in [9.17, 15) is 4.79 Å². The lowest BCUT2D eigenvalue weighted by Gasteiger charge is -2.19. The highest BCUT2D eigenvalue weighted by Crippen LogP contribution is 2.18. The predicted octanol–water partition coefficient (Wildman–Crippen LogP) is 3.07. The first-order valence-electron chi connectivity index (χ1n) is 7.43. The zero-order valence-electron chi connectivity index (χ0n) is 13.9. The van der Waals surface area contributed by atoms with Gasteiger partial charge < -0.3 is 14.6 Å². The van der Waals surface area contributed by atoms with Crippen molar-refractivity contribution in [3.05, 3.63) is 41.7 Å². The minimum Gasteiger partial charge on any atom is -0.491 e. The van der Waals surface area contributed by atoms with Gasteiger partial charge in [-0.15, -0.1) is 0 Å². The van der Waals surface area contributed by atoms with Gasteiger partial charge in [-0.05, 0) is 52.0 Å². The van der Waals surface area contributed by atoms with Crippen LogP contribution in [-0.4, -0.2) is 39.7 Å². The molecule has 6 heteroatoms. The number of hydrogen-bond donors (Lipinski definition) is 1. The molecule has 0 spiro atoms. The average molecular weight is 318 g/mol. The van der Waals surface area contributed by atoms with Crippen molar-refractivity contribution in [1.82, 2.24) is 9.78 Å². The summed E-state index contributed by atoms with van der Waals surface area (Å²) in [6.45, 7) is 8.72. The van der Waals surface area contributed by atoms with Crippen LogP contribution in [0.25, 0.3) is 5.69 Å². The molecule has 0 saturated heterocycles. The van der Waals surface area contributed by atoms with Crippen LogP contribution in [0.2, 0.25) is 0 Å². The minimum absolute atomic E-state index is 0.174. The van der Waals surface area contributed by atoms with Crippen molar-refractivity contribution < 1.29 is 19.4 Å². The molecule has 0 unspecified atom stereocenters. The maximum atomic E-state index is 11.1. The molecule has 0 aliphatic rings. The number of aromatic carboxylic acids is 1. The number of ether oxygens (including phenoxy) is 2. The minimum atomic E-state index is -0.979. The van der Waals surface area contributed by atoms with Crippen molar-refractivity contribution in [3.63, 3.8) is 0 Å². The third-order valence-electron chi connectivity index (χ3n) is 3.21. The van der Waals surface area contributed by atoms with Crippen molar-refractivity contribution in [2.75, 3.05) is 13.2 Å². The van der Waals surface area contributed by atoms with E-state index in [0.717, 1.165) is 11.4 Å². The van der Waals surface area contributed by atoms with Crippen molar-refractivity contribution in [2.45, 2.75) is 33.3 Å². The molecule has 1 aromatic heterocycles. The van der Waals surface area contributed by atoms with Gasteiger partial charge in [-0.3, -0.25) is 0 Å². The quantitative estimate of drug-likeness (QED) is 0.829. The summed E-state index contributed by atoms with van der Waals surface area (Å²) in [5.41, 5.74) is 1.40. The van der Waals surface area contributed by atoms with Gasteiger partial charge in [0.2, 0.25) is 0 Å². The van der Waals surface area contributed by atoms with Gasteiger partial charge in [0.15, 0.2) is 0 Å². The number of benzene rings is 1. The van der Waals surface area contributed by atoms with Crippen LogP contribution in [0.15, 0.2) is 30.5 Å². The van der Waals surface area contributed by atoms with Gasteiger partial charge in [0.25, 0.3) is 0 Å². The van der Waals surface area contributed by atoms with E-state index in [1.807, 2.05) is 45.0 Å². The summed E-state index contributed by atoms with van der Waals surface area (Å²) in [5, 5.41) is 13.2. The number of aromatic nitrogens is 2. The largest absolute Gasteiger partial charge is 0.491 e. The molecule has 0 aliphatic heterocycles. The zero-order chi connectivity index (χ0) is 17.0. The highest BCUT2D eigenvalue weighted by atomic mass is 16.5. The Morgan fingerprint density at radius 3 is 2.39 bits per heavy atom. The van der Waals surface area contributed by atoms with Gasteiger partial charge in [-0.25, -0.2) is 9.48 Å². The number of carboxylic acid groups (broad SMARTS) is 1.